The van der Waals surface area contributed by atoms with Gasteiger partial charge in [0.05, 0.1) is 5.71 Å². The highest BCUT2D eigenvalue weighted by Gasteiger charge is 2.34. The highest BCUT2D eigenvalue weighted by molar-refractivity contribution is 7.15. The lowest BCUT2D eigenvalue weighted by atomic mass is 9.69. The summed E-state index contributed by atoms with van der Waals surface area (Å²) in [7, 11) is 0. The van der Waals surface area contributed by atoms with Gasteiger partial charge in [0.15, 0.2) is 5.82 Å². The largest absolute Gasteiger partial charge is 0.508 e. The van der Waals surface area contributed by atoms with Crippen LogP contribution in [0.1, 0.15) is 111 Å². The number of fused-ring (bicyclic) bond motifs is 4. The molecule has 1 N–H and O–H groups in total. The molecule has 2 aromatic heterocycles. The first-order valence-electron chi connectivity index (χ1n) is 20.9. The van der Waals surface area contributed by atoms with E-state index in [2.05, 4.69) is 130 Å². The molecule has 0 unspecified atom stereocenters. The Bertz CT molecular complexity index is 2430. The number of aryl methyl sites for hydroxylation is 3. The number of hydrogen-bond acceptors (Lipinski definition) is 7. The molecule has 8 heteroatoms. The third kappa shape index (κ3) is 6.61. The van der Waals surface area contributed by atoms with Crippen molar-refractivity contribution in [3.63, 3.8) is 0 Å². The SMILES string of the molecule is Cc1sc2c(c1C)C(c1ccc(N3CC(CN4CCC(c5ccc([C@@H]6c7ccc(O)cc7CC[C@@H]6c6ccccc6)cc5)CC4)C3)cc1)=N[C@@H](C)c1nnc(C)n1-2. The molecule has 4 aliphatic rings. The number of likely N-dealkylation sites (tertiary alicyclic amines) is 1. The van der Waals surface area contributed by atoms with Crippen LogP contribution < -0.4 is 4.90 Å². The van der Waals surface area contributed by atoms with E-state index >= 15 is 0 Å². The summed E-state index contributed by atoms with van der Waals surface area (Å²) in [6.45, 7) is 14.3. The van der Waals surface area contributed by atoms with Crippen molar-refractivity contribution in [2.24, 2.45) is 10.9 Å². The number of rotatable bonds is 7. The van der Waals surface area contributed by atoms with Gasteiger partial charge >= 0.3 is 0 Å². The average molecular weight is 773 g/mol. The number of phenols is 1. The molecule has 7 nitrogen and oxygen atoms in total. The number of phenolic OH excluding ortho intramolecular Hbond substituents is 1. The Morgan fingerprint density at radius 3 is 2.28 bits per heavy atom. The van der Waals surface area contributed by atoms with Crippen LogP contribution in [0.15, 0.2) is 102 Å². The van der Waals surface area contributed by atoms with Crippen LogP contribution in [0, 0.1) is 26.7 Å². The Labute approximate surface area is 340 Å². The predicted molar refractivity (Wildman–Crippen MR) is 232 cm³/mol. The molecule has 0 saturated carbocycles. The van der Waals surface area contributed by atoms with Gasteiger partial charge in [-0.15, -0.1) is 21.5 Å². The first-order chi connectivity index (χ1) is 27.8. The summed E-state index contributed by atoms with van der Waals surface area (Å²) in [5.74, 6) is 4.25. The molecule has 6 aromatic rings. The molecule has 5 heterocycles. The van der Waals surface area contributed by atoms with Crippen molar-refractivity contribution in [3.8, 4) is 10.8 Å². The fourth-order valence-electron chi connectivity index (χ4n) is 10.3. The van der Waals surface area contributed by atoms with Crippen molar-refractivity contribution in [2.45, 2.75) is 77.2 Å². The van der Waals surface area contributed by atoms with Gasteiger partial charge in [0.1, 0.15) is 22.6 Å². The third-order valence-electron chi connectivity index (χ3n) is 13.5. The normalized spacial score (nSPS) is 21.3. The van der Waals surface area contributed by atoms with Gasteiger partial charge in [0.25, 0.3) is 0 Å². The summed E-state index contributed by atoms with van der Waals surface area (Å²) in [5, 5.41) is 20.4. The molecule has 10 rings (SSSR count). The summed E-state index contributed by atoms with van der Waals surface area (Å²) in [6.07, 6.45) is 4.54. The summed E-state index contributed by atoms with van der Waals surface area (Å²) in [4.78, 5) is 11.8. The van der Waals surface area contributed by atoms with Gasteiger partial charge in [0.2, 0.25) is 0 Å². The fraction of sp³-hybridized carbons (Fsp3) is 0.367. The minimum Gasteiger partial charge on any atom is -0.508 e. The standard InChI is InChI=1S/C49H52N6OS/c1-30-32(3)57-49-45(30)47(50-31(2)48-52-51-33(4)55(48)49)39-14-17-41(18-15-39)54-28-34(29-54)27-53-24-22-36(23-25-53)35-10-12-38(13-11-35)46-43(37-8-6-5-7-9-37)20-16-40-26-42(56)19-21-44(40)46/h5-15,17-19,21,26,31,34,36,43,46,56H,16,20,22-25,27-29H2,1-4H3/t31-,43+,46-/m0/s1. The summed E-state index contributed by atoms with van der Waals surface area (Å²) >= 11 is 1.81. The maximum Gasteiger partial charge on any atom is 0.162 e. The molecule has 0 bridgehead atoms. The van der Waals surface area contributed by atoms with Crippen molar-refractivity contribution in [1.29, 1.82) is 0 Å². The fourth-order valence-corrected chi connectivity index (χ4v) is 11.5. The molecule has 2 saturated heterocycles. The van der Waals surface area contributed by atoms with Gasteiger partial charge < -0.3 is 14.9 Å². The first-order valence-corrected chi connectivity index (χ1v) is 21.8. The van der Waals surface area contributed by atoms with Crippen molar-refractivity contribution in [1.82, 2.24) is 19.7 Å². The molecule has 0 spiro atoms. The van der Waals surface area contributed by atoms with Gasteiger partial charge in [-0.3, -0.25) is 9.56 Å². The monoisotopic (exact) mass is 772 g/mol. The van der Waals surface area contributed by atoms with E-state index < -0.39 is 0 Å². The Hall–Kier alpha value is -5.05. The molecule has 1 aliphatic carbocycles. The molecular weight excluding hydrogens is 721 g/mol. The second kappa shape index (κ2) is 14.7. The number of thiophene rings is 1. The minimum atomic E-state index is -0.0715. The molecule has 0 radical (unpaired) electrons. The highest BCUT2D eigenvalue weighted by atomic mass is 32.1. The first kappa shape index (κ1) is 36.3. The second-order valence-electron chi connectivity index (χ2n) is 17.0. The Balaban J connectivity index is 0.756. The van der Waals surface area contributed by atoms with Gasteiger partial charge in [0, 0.05) is 53.2 Å². The molecule has 290 valence electrons. The van der Waals surface area contributed by atoms with E-state index in [0.29, 0.717) is 29.4 Å². The summed E-state index contributed by atoms with van der Waals surface area (Å²) in [5.41, 5.74) is 13.0. The predicted octanol–water partition coefficient (Wildman–Crippen LogP) is 10.0. The maximum absolute atomic E-state index is 10.3. The van der Waals surface area contributed by atoms with E-state index in [9.17, 15) is 5.11 Å². The van der Waals surface area contributed by atoms with Crippen LogP contribution in [-0.2, 0) is 6.42 Å². The zero-order valence-corrected chi connectivity index (χ0v) is 34.3. The van der Waals surface area contributed by atoms with Crippen LogP contribution >= 0.6 is 11.3 Å². The van der Waals surface area contributed by atoms with Gasteiger partial charge in [-0.1, -0.05) is 72.8 Å². The second-order valence-corrected chi connectivity index (χ2v) is 18.2. The number of nitrogens with zero attached hydrogens (tertiary/aromatic N) is 6. The van der Waals surface area contributed by atoms with E-state index in [1.165, 1.54) is 87.0 Å². The number of piperidine rings is 1. The smallest absolute Gasteiger partial charge is 0.162 e. The van der Waals surface area contributed by atoms with Crippen LogP contribution in [0.25, 0.3) is 5.00 Å². The maximum atomic E-state index is 10.3. The molecule has 3 aliphatic heterocycles. The van der Waals surface area contributed by atoms with E-state index in [0.717, 1.165) is 48.9 Å². The zero-order chi connectivity index (χ0) is 38.8. The molecule has 3 atom stereocenters. The lowest BCUT2D eigenvalue weighted by Gasteiger charge is -2.44. The Kier molecular flexibility index (Phi) is 9.37. The van der Waals surface area contributed by atoms with Crippen LogP contribution in [-0.4, -0.2) is 63.2 Å². The van der Waals surface area contributed by atoms with Gasteiger partial charge in [-0.2, -0.15) is 0 Å². The molecule has 57 heavy (non-hydrogen) atoms. The van der Waals surface area contributed by atoms with E-state index in [1.54, 1.807) is 0 Å². The van der Waals surface area contributed by atoms with Crippen molar-refractivity contribution < 1.29 is 5.11 Å². The van der Waals surface area contributed by atoms with Gasteiger partial charge in [-0.05, 0) is 136 Å². The van der Waals surface area contributed by atoms with Crippen LogP contribution in [0.5, 0.6) is 5.75 Å². The van der Waals surface area contributed by atoms with Crippen molar-refractivity contribution in [3.05, 3.63) is 158 Å². The Morgan fingerprint density at radius 2 is 1.53 bits per heavy atom. The molecule has 0 amide bonds. The number of anilines is 1. The zero-order valence-electron chi connectivity index (χ0n) is 33.5. The van der Waals surface area contributed by atoms with Crippen LogP contribution in [0.4, 0.5) is 5.69 Å². The lowest BCUT2D eigenvalue weighted by molar-refractivity contribution is 0.169. The van der Waals surface area contributed by atoms with E-state index in [1.807, 2.05) is 30.4 Å². The minimum absolute atomic E-state index is 0.0715. The number of hydrogen-bond donors (Lipinski definition) is 1. The van der Waals surface area contributed by atoms with E-state index in [4.69, 9.17) is 4.99 Å². The third-order valence-corrected chi connectivity index (χ3v) is 14.7. The Morgan fingerprint density at radius 1 is 0.789 bits per heavy atom. The van der Waals surface area contributed by atoms with Crippen LogP contribution in [0.3, 0.4) is 0 Å². The average Bonchev–Trinajstić information content (AvgIpc) is 3.71. The van der Waals surface area contributed by atoms with Crippen molar-refractivity contribution in [2.75, 3.05) is 37.6 Å². The molecular formula is C49H52N6OS. The van der Waals surface area contributed by atoms with E-state index in [-0.39, 0.29) is 6.04 Å². The lowest BCUT2D eigenvalue weighted by Crippen LogP contribution is -2.52. The number of aliphatic imine (C=N–C) groups is 1. The molecule has 2 fully saturated rings. The number of benzene rings is 4. The summed E-state index contributed by atoms with van der Waals surface area (Å²) in [6, 6.07) is 35.7. The topological polar surface area (TPSA) is 69.8 Å². The quantitative estimate of drug-likeness (QED) is 0.175. The number of aromatic hydroxyl groups is 1. The van der Waals surface area contributed by atoms with Crippen LogP contribution in [0.2, 0.25) is 0 Å². The summed E-state index contributed by atoms with van der Waals surface area (Å²) < 4.78 is 2.21. The highest BCUT2D eigenvalue weighted by Crippen LogP contribution is 2.47. The molecule has 4 aromatic carbocycles. The van der Waals surface area contributed by atoms with Gasteiger partial charge in [-0.25, -0.2) is 0 Å². The number of aromatic nitrogens is 3. The van der Waals surface area contributed by atoms with Crippen molar-refractivity contribution >= 4 is 22.7 Å².